The Morgan fingerprint density at radius 1 is 1.14 bits per heavy atom. The number of rotatable bonds is 3. The summed E-state index contributed by atoms with van der Waals surface area (Å²) in [5, 5.41) is 1.15. The van der Waals surface area contributed by atoms with Crippen LogP contribution in [0.15, 0.2) is 6.20 Å². The lowest BCUT2D eigenvalue weighted by Gasteiger charge is -2.36. The Hall–Kier alpha value is -1.61. The van der Waals surface area contributed by atoms with Crippen molar-refractivity contribution in [1.29, 1.82) is 0 Å². The van der Waals surface area contributed by atoms with Gasteiger partial charge in [-0.1, -0.05) is 0 Å². The molecule has 2 fully saturated rings. The largest absolute Gasteiger partial charge is 0.376 e. The SMILES string of the molecule is Cc1nc(C)c(CN2CC[C@@]3(COCc4cnc(N5CCN(C)CC5)nc43)C2)s1. The molecule has 0 amide bonds. The molecule has 3 aliphatic heterocycles. The number of ether oxygens (including phenoxy) is 1. The summed E-state index contributed by atoms with van der Waals surface area (Å²) in [4.78, 5) is 23.1. The predicted octanol–water partition coefficient (Wildman–Crippen LogP) is 1.98. The van der Waals surface area contributed by atoms with Crippen molar-refractivity contribution >= 4 is 17.3 Å². The number of aromatic nitrogens is 3. The molecule has 0 aromatic carbocycles. The molecule has 0 aliphatic carbocycles. The Bertz CT molecular complexity index is 893. The minimum atomic E-state index is -0.00844. The van der Waals surface area contributed by atoms with E-state index in [0.717, 1.165) is 69.8 Å². The molecule has 156 valence electrons. The smallest absolute Gasteiger partial charge is 0.225 e. The first-order valence-corrected chi connectivity index (χ1v) is 11.4. The Morgan fingerprint density at radius 2 is 1.97 bits per heavy atom. The topological polar surface area (TPSA) is 57.6 Å². The van der Waals surface area contributed by atoms with Gasteiger partial charge in [-0.05, 0) is 33.9 Å². The number of anilines is 1. The Morgan fingerprint density at radius 3 is 2.72 bits per heavy atom. The Labute approximate surface area is 176 Å². The fraction of sp³-hybridized carbons (Fsp3) is 0.667. The highest BCUT2D eigenvalue weighted by Crippen LogP contribution is 2.40. The van der Waals surface area contributed by atoms with Gasteiger partial charge in [-0.25, -0.2) is 15.0 Å². The summed E-state index contributed by atoms with van der Waals surface area (Å²) in [7, 11) is 2.18. The summed E-state index contributed by atoms with van der Waals surface area (Å²) in [5.41, 5.74) is 3.56. The molecule has 2 aromatic heterocycles. The van der Waals surface area contributed by atoms with E-state index < -0.39 is 0 Å². The van der Waals surface area contributed by atoms with Crippen LogP contribution in [-0.2, 0) is 23.3 Å². The van der Waals surface area contributed by atoms with Crippen molar-refractivity contribution in [2.24, 2.45) is 0 Å². The van der Waals surface area contributed by atoms with Gasteiger partial charge in [0.05, 0.1) is 35.0 Å². The first-order chi connectivity index (χ1) is 14.0. The normalized spacial score (nSPS) is 25.7. The molecule has 7 nitrogen and oxygen atoms in total. The van der Waals surface area contributed by atoms with Crippen LogP contribution in [-0.4, -0.2) is 77.7 Å². The zero-order chi connectivity index (χ0) is 20.0. The van der Waals surface area contributed by atoms with Crippen LogP contribution in [0.3, 0.4) is 0 Å². The van der Waals surface area contributed by atoms with E-state index >= 15 is 0 Å². The average molecular weight is 415 g/mol. The van der Waals surface area contributed by atoms with Crippen LogP contribution in [0.25, 0.3) is 0 Å². The van der Waals surface area contributed by atoms with Gasteiger partial charge in [0, 0.05) is 55.9 Å². The third kappa shape index (κ3) is 3.67. The molecule has 0 radical (unpaired) electrons. The van der Waals surface area contributed by atoms with Crippen LogP contribution in [0.2, 0.25) is 0 Å². The third-order valence-electron chi connectivity index (χ3n) is 6.58. The molecule has 29 heavy (non-hydrogen) atoms. The summed E-state index contributed by atoms with van der Waals surface area (Å²) in [6.45, 7) is 12.8. The molecule has 2 aromatic rings. The number of likely N-dealkylation sites (N-methyl/N-ethyl adjacent to an activating group) is 1. The van der Waals surface area contributed by atoms with Gasteiger partial charge in [-0.2, -0.15) is 0 Å². The number of fused-ring (bicyclic) bond motifs is 2. The summed E-state index contributed by atoms with van der Waals surface area (Å²) in [5.74, 6) is 0.894. The molecule has 1 atom stereocenters. The van der Waals surface area contributed by atoms with Gasteiger partial charge in [-0.15, -0.1) is 11.3 Å². The second-order valence-corrected chi connectivity index (χ2v) is 10.1. The molecule has 0 bridgehead atoms. The molecular formula is C21H30N6OS. The maximum absolute atomic E-state index is 6.02. The first-order valence-electron chi connectivity index (χ1n) is 10.6. The summed E-state index contributed by atoms with van der Waals surface area (Å²) in [6, 6.07) is 0. The van der Waals surface area contributed by atoms with E-state index in [1.165, 1.54) is 21.8 Å². The van der Waals surface area contributed by atoms with Crippen molar-refractivity contribution < 1.29 is 4.74 Å². The number of hydrogen-bond acceptors (Lipinski definition) is 8. The summed E-state index contributed by atoms with van der Waals surface area (Å²) >= 11 is 1.82. The fourth-order valence-electron chi connectivity index (χ4n) is 4.87. The highest BCUT2D eigenvalue weighted by atomic mass is 32.1. The van der Waals surface area contributed by atoms with E-state index in [-0.39, 0.29) is 5.41 Å². The number of piperazine rings is 1. The minimum Gasteiger partial charge on any atom is -0.376 e. The van der Waals surface area contributed by atoms with Crippen molar-refractivity contribution in [3.8, 4) is 0 Å². The van der Waals surface area contributed by atoms with E-state index in [2.05, 4.69) is 40.6 Å². The van der Waals surface area contributed by atoms with Crippen LogP contribution in [0.4, 0.5) is 5.95 Å². The number of likely N-dealkylation sites (tertiary alicyclic amines) is 1. The van der Waals surface area contributed by atoms with Gasteiger partial charge in [0.1, 0.15) is 0 Å². The van der Waals surface area contributed by atoms with Crippen LogP contribution >= 0.6 is 11.3 Å². The van der Waals surface area contributed by atoms with E-state index in [1.54, 1.807) is 0 Å². The molecule has 0 saturated carbocycles. The first kappa shape index (κ1) is 19.4. The van der Waals surface area contributed by atoms with Gasteiger partial charge >= 0.3 is 0 Å². The molecule has 3 aliphatic rings. The van der Waals surface area contributed by atoms with E-state index in [9.17, 15) is 0 Å². The molecule has 0 unspecified atom stereocenters. The molecule has 5 rings (SSSR count). The quantitative estimate of drug-likeness (QED) is 0.761. The van der Waals surface area contributed by atoms with Gasteiger partial charge in [-0.3, -0.25) is 4.90 Å². The van der Waals surface area contributed by atoms with Crippen LogP contribution in [0, 0.1) is 13.8 Å². The van der Waals surface area contributed by atoms with Gasteiger partial charge in [0.2, 0.25) is 5.95 Å². The second-order valence-electron chi connectivity index (χ2n) is 8.81. The zero-order valence-corrected chi connectivity index (χ0v) is 18.5. The van der Waals surface area contributed by atoms with E-state index in [4.69, 9.17) is 14.7 Å². The lowest BCUT2D eigenvalue weighted by atomic mass is 9.80. The number of hydrogen-bond donors (Lipinski definition) is 0. The molecule has 8 heteroatoms. The monoisotopic (exact) mass is 414 g/mol. The van der Waals surface area contributed by atoms with Gasteiger partial charge in [0.25, 0.3) is 0 Å². The van der Waals surface area contributed by atoms with Crippen LogP contribution in [0.5, 0.6) is 0 Å². The van der Waals surface area contributed by atoms with E-state index in [1.807, 2.05) is 17.5 Å². The maximum Gasteiger partial charge on any atom is 0.225 e. The van der Waals surface area contributed by atoms with Crippen molar-refractivity contribution in [2.45, 2.75) is 38.8 Å². The lowest BCUT2D eigenvalue weighted by Crippen LogP contribution is -2.46. The van der Waals surface area contributed by atoms with Crippen molar-refractivity contribution in [3.63, 3.8) is 0 Å². The van der Waals surface area contributed by atoms with Crippen LogP contribution < -0.4 is 4.90 Å². The van der Waals surface area contributed by atoms with Crippen molar-refractivity contribution in [1.82, 2.24) is 24.8 Å². The average Bonchev–Trinajstić information content (AvgIpc) is 3.25. The Kier molecular flexibility index (Phi) is 5.06. The van der Waals surface area contributed by atoms with Crippen molar-refractivity contribution in [2.75, 3.05) is 57.8 Å². The molecule has 2 saturated heterocycles. The second kappa shape index (κ2) is 7.58. The number of aryl methyl sites for hydroxylation is 2. The van der Waals surface area contributed by atoms with Crippen LogP contribution in [0.1, 0.15) is 33.3 Å². The Balaban J connectivity index is 1.38. The number of nitrogens with zero attached hydrogens (tertiary/aromatic N) is 6. The summed E-state index contributed by atoms with van der Waals surface area (Å²) < 4.78 is 6.02. The minimum absolute atomic E-state index is 0.00844. The number of thiazole rings is 1. The standard InChI is InChI=1S/C21H30N6OS/c1-15-18(29-16(2)23-15)11-26-5-4-21(13-26)14-28-12-17-10-22-20(24-19(17)21)27-8-6-25(3)7-9-27/h10H,4-9,11-14H2,1-3H3/t21-/m0/s1. The third-order valence-corrected chi connectivity index (χ3v) is 7.63. The zero-order valence-electron chi connectivity index (χ0n) is 17.6. The van der Waals surface area contributed by atoms with Gasteiger partial charge in [0.15, 0.2) is 0 Å². The highest BCUT2D eigenvalue weighted by Gasteiger charge is 2.45. The fourth-order valence-corrected chi connectivity index (χ4v) is 5.85. The maximum atomic E-state index is 6.02. The van der Waals surface area contributed by atoms with Crippen molar-refractivity contribution in [3.05, 3.63) is 33.0 Å². The lowest BCUT2D eigenvalue weighted by molar-refractivity contribution is 0.0503. The van der Waals surface area contributed by atoms with E-state index in [0.29, 0.717) is 6.61 Å². The summed E-state index contributed by atoms with van der Waals surface area (Å²) in [6.07, 6.45) is 3.10. The molecule has 1 spiro atoms. The molecular weight excluding hydrogens is 384 g/mol. The molecule has 5 heterocycles. The highest BCUT2D eigenvalue weighted by molar-refractivity contribution is 7.11. The molecule has 0 N–H and O–H groups in total. The van der Waals surface area contributed by atoms with Gasteiger partial charge < -0.3 is 14.5 Å². The predicted molar refractivity (Wildman–Crippen MR) is 115 cm³/mol.